The first-order valence-electron chi connectivity index (χ1n) is 9.62. The molecule has 1 atom stereocenters. The summed E-state index contributed by atoms with van der Waals surface area (Å²) >= 11 is 6.21. The monoisotopic (exact) mass is 437 g/mol. The molecule has 0 N–H and O–H groups in total. The third kappa shape index (κ3) is 4.64. The molecule has 1 amide bonds. The molecule has 0 radical (unpaired) electrons. The SMILES string of the molecule is CCCCn1nnnc1COC(=O)C1CC(=O)N(c2cc(Cl)c(OC)cc2OC)C1. The van der Waals surface area contributed by atoms with Crippen LogP contribution in [0.15, 0.2) is 12.1 Å². The van der Waals surface area contributed by atoms with Gasteiger partial charge in [0.15, 0.2) is 12.4 Å². The van der Waals surface area contributed by atoms with Crippen molar-refractivity contribution in [2.24, 2.45) is 5.92 Å². The van der Waals surface area contributed by atoms with Gasteiger partial charge in [0.2, 0.25) is 5.91 Å². The van der Waals surface area contributed by atoms with Crippen LogP contribution in [-0.4, -0.2) is 52.8 Å². The number of tetrazole rings is 1. The number of ether oxygens (including phenoxy) is 3. The summed E-state index contributed by atoms with van der Waals surface area (Å²) in [6.07, 6.45) is 1.95. The second kappa shape index (κ2) is 9.75. The molecule has 1 saturated heterocycles. The van der Waals surface area contributed by atoms with Crippen molar-refractivity contribution in [1.29, 1.82) is 0 Å². The number of methoxy groups -OCH3 is 2. The topological polar surface area (TPSA) is 109 Å². The molecule has 30 heavy (non-hydrogen) atoms. The zero-order valence-corrected chi connectivity index (χ0v) is 17.9. The van der Waals surface area contributed by atoms with Crippen molar-refractivity contribution in [2.75, 3.05) is 25.7 Å². The predicted molar refractivity (Wildman–Crippen MR) is 108 cm³/mol. The first-order valence-corrected chi connectivity index (χ1v) is 9.99. The fourth-order valence-corrected chi connectivity index (χ4v) is 3.45. The molecule has 10 nitrogen and oxygen atoms in total. The number of nitrogens with zero attached hydrogens (tertiary/aromatic N) is 5. The molecule has 3 rings (SSSR count). The number of carbonyl (C=O) groups excluding carboxylic acids is 2. The molecular formula is C19H24ClN5O5. The Morgan fingerprint density at radius 3 is 2.73 bits per heavy atom. The van der Waals surface area contributed by atoms with Crippen LogP contribution in [0.1, 0.15) is 32.0 Å². The van der Waals surface area contributed by atoms with Crippen molar-refractivity contribution in [2.45, 2.75) is 39.3 Å². The molecule has 0 spiro atoms. The largest absolute Gasteiger partial charge is 0.495 e. The van der Waals surface area contributed by atoms with Crippen molar-refractivity contribution in [3.63, 3.8) is 0 Å². The first kappa shape index (κ1) is 21.8. The van der Waals surface area contributed by atoms with Crippen LogP contribution in [0.3, 0.4) is 0 Å². The number of halogens is 1. The minimum atomic E-state index is -0.608. The molecule has 0 bridgehead atoms. The Morgan fingerprint density at radius 2 is 2.03 bits per heavy atom. The van der Waals surface area contributed by atoms with E-state index in [1.807, 2.05) is 0 Å². The lowest BCUT2D eigenvalue weighted by molar-refractivity contribution is -0.150. The highest BCUT2D eigenvalue weighted by atomic mass is 35.5. The number of aromatic nitrogens is 4. The molecule has 2 aromatic rings. The first-order chi connectivity index (χ1) is 14.5. The Bertz CT molecular complexity index is 919. The number of carbonyl (C=O) groups is 2. The van der Waals surface area contributed by atoms with Crippen LogP contribution in [0.2, 0.25) is 5.02 Å². The average molecular weight is 438 g/mol. The Balaban J connectivity index is 1.67. The maximum atomic E-state index is 12.6. The van der Waals surface area contributed by atoms with Crippen LogP contribution < -0.4 is 14.4 Å². The van der Waals surface area contributed by atoms with Crippen molar-refractivity contribution in [3.05, 3.63) is 23.0 Å². The summed E-state index contributed by atoms with van der Waals surface area (Å²) < 4.78 is 17.6. The van der Waals surface area contributed by atoms with Crippen LogP contribution in [-0.2, 0) is 27.5 Å². The highest BCUT2D eigenvalue weighted by Crippen LogP contribution is 2.40. The second-order valence-electron chi connectivity index (χ2n) is 6.84. The quantitative estimate of drug-likeness (QED) is 0.549. The molecular weight excluding hydrogens is 414 g/mol. The van der Waals surface area contributed by atoms with E-state index in [-0.39, 0.29) is 25.5 Å². The molecule has 162 valence electrons. The molecule has 0 saturated carbocycles. The number of hydrogen-bond acceptors (Lipinski definition) is 8. The highest BCUT2D eigenvalue weighted by molar-refractivity contribution is 6.32. The van der Waals surface area contributed by atoms with E-state index in [1.54, 1.807) is 16.8 Å². The van der Waals surface area contributed by atoms with Gasteiger partial charge in [-0.15, -0.1) is 5.10 Å². The molecule has 11 heteroatoms. The fourth-order valence-electron chi connectivity index (χ4n) is 3.22. The van der Waals surface area contributed by atoms with Gasteiger partial charge in [-0.25, -0.2) is 4.68 Å². The van der Waals surface area contributed by atoms with E-state index in [1.165, 1.54) is 19.1 Å². The lowest BCUT2D eigenvalue weighted by atomic mass is 10.1. The number of aryl methyl sites for hydroxylation is 1. The van der Waals surface area contributed by atoms with E-state index in [9.17, 15) is 9.59 Å². The fraction of sp³-hybridized carbons (Fsp3) is 0.526. The van der Waals surface area contributed by atoms with Crippen molar-refractivity contribution in [1.82, 2.24) is 20.2 Å². The zero-order chi connectivity index (χ0) is 21.7. The summed E-state index contributed by atoms with van der Waals surface area (Å²) in [6, 6.07) is 3.19. The lowest BCUT2D eigenvalue weighted by Gasteiger charge is -2.20. The minimum absolute atomic E-state index is 0.0341. The Kier molecular flexibility index (Phi) is 7.09. The van der Waals surface area contributed by atoms with Gasteiger partial charge < -0.3 is 19.1 Å². The lowest BCUT2D eigenvalue weighted by Crippen LogP contribution is -2.27. The summed E-state index contributed by atoms with van der Waals surface area (Å²) in [4.78, 5) is 26.6. The number of esters is 1. The van der Waals surface area contributed by atoms with Crippen LogP contribution in [0.4, 0.5) is 5.69 Å². The normalized spacial score (nSPS) is 16.1. The third-order valence-corrected chi connectivity index (χ3v) is 5.17. The van der Waals surface area contributed by atoms with Crippen LogP contribution in [0.5, 0.6) is 11.5 Å². The smallest absolute Gasteiger partial charge is 0.311 e. The van der Waals surface area contributed by atoms with Gasteiger partial charge in [0, 0.05) is 25.6 Å². The van der Waals surface area contributed by atoms with Gasteiger partial charge in [-0.05, 0) is 22.9 Å². The maximum Gasteiger partial charge on any atom is 0.311 e. The van der Waals surface area contributed by atoms with Gasteiger partial charge >= 0.3 is 5.97 Å². The summed E-state index contributed by atoms with van der Waals surface area (Å²) in [6.45, 7) is 2.84. The summed E-state index contributed by atoms with van der Waals surface area (Å²) in [5.41, 5.74) is 0.479. The molecule has 1 aliphatic heterocycles. The van der Waals surface area contributed by atoms with Crippen LogP contribution >= 0.6 is 11.6 Å². The van der Waals surface area contributed by atoms with Gasteiger partial charge in [-0.3, -0.25) is 9.59 Å². The van der Waals surface area contributed by atoms with Crippen LogP contribution in [0, 0.1) is 5.92 Å². The van der Waals surface area contributed by atoms with Gasteiger partial charge in [0.25, 0.3) is 0 Å². The average Bonchev–Trinajstić information content (AvgIpc) is 3.36. The Hall–Kier alpha value is -2.88. The van der Waals surface area contributed by atoms with Crippen molar-refractivity contribution < 1.29 is 23.8 Å². The van der Waals surface area contributed by atoms with Crippen molar-refractivity contribution in [3.8, 4) is 11.5 Å². The molecule has 2 heterocycles. The molecule has 1 fully saturated rings. The van der Waals surface area contributed by atoms with E-state index in [4.69, 9.17) is 25.8 Å². The van der Waals surface area contributed by atoms with Gasteiger partial charge in [-0.1, -0.05) is 24.9 Å². The molecule has 0 aliphatic carbocycles. The predicted octanol–water partition coefficient (Wildman–Crippen LogP) is 2.24. The number of anilines is 1. The maximum absolute atomic E-state index is 12.6. The van der Waals surface area contributed by atoms with Gasteiger partial charge in [-0.2, -0.15) is 0 Å². The molecule has 1 unspecified atom stereocenters. The Labute approximate surface area is 179 Å². The third-order valence-electron chi connectivity index (χ3n) is 4.88. The highest BCUT2D eigenvalue weighted by Gasteiger charge is 2.37. The van der Waals surface area contributed by atoms with Crippen molar-refractivity contribution >= 4 is 29.2 Å². The van der Waals surface area contributed by atoms with E-state index in [0.717, 1.165) is 12.8 Å². The number of rotatable bonds is 9. The van der Waals surface area contributed by atoms with Gasteiger partial charge in [0.1, 0.15) is 11.5 Å². The minimum Gasteiger partial charge on any atom is -0.495 e. The number of unbranched alkanes of at least 4 members (excludes halogenated alkanes) is 1. The van der Waals surface area contributed by atoms with E-state index in [0.29, 0.717) is 34.6 Å². The molecule has 1 aliphatic rings. The molecule has 1 aromatic heterocycles. The molecule has 1 aromatic carbocycles. The summed E-state index contributed by atoms with van der Waals surface area (Å²) in [5.74, 6) is 0.0257. The zero-order valence-electron chi connectivity index (χ0n) is 17.1. The van der Waals surface area contributed by atoms with Gasteiger partial charge in [0.05, 0.1) is 30.8 Å². The second-order valence-corrected chi connectivity index (χ2v) is 7.25. The van der Waals surface area contributed by atoms with E-state index in [2.05, 4.69) is 22.4 Å². The standard InChI is InChI=1S/C19H24ClN5O5/c1-4-5-6-25-17(21-22-23-25)11-30-19(27)12-7-18(26)24(10-12)14-8-13(20)15(28-2)9-16(14)29-3/h8-9,12H,4-7,10-11H2,1-3H3. The number of benzene rings is 1. The summed E-state index contributed by atoms with van der Waals surface area (Å²) in [5, 5.41) is 11.8. The summed E-state index contributed by atoms with van der Waals surface area (Å²) in [7, 11) is 2.98. The van der Waals surface area contributed by atoms with E-state index < -0.39 is 11.9 Å². The van der Waals surface area contributed by atoms with E-state index >= 15 is 0 Å². The van der Waals surface area contributed by atoms with Crippen LogP contribution in [0.25, 0.3) is 0 Å². The Morgan fingerprint density at radius 1 is 1.27 bits per heavy atom. The number of amides is 1. The number of hydrogen-bond donors (Lipinski definition) is 0.